The summed E-state index contributed by atoms with van der Waals surface area (Å²) in [5, 5.41) is 3.35. The van der Waals surface area contributed by atoms with Crippen molar-refractivity contribution in [2.45, 2.75) is 0 Å². The fraction of sp³-hybridized carbons (Fsp3) is 0.500. The fourth-order valence-electron chi connectivity index (χ4n) is 0.441. The Labute approximate surface area is 80.1 Å². The number of thioether (sulfide) groups is 1. The highest BCUT2D eigenvalue weighted by molar-refractivity contribution is 8.15. The molecule has 0 bridgehead atoms. The quantitative estimate of drug-likeness (QED) is 0.279. The van der Waals surface area contributed by atoms with Crippen LogP contribution in [0.5, 0.6) is 0 Å². The van der Waals surface area contributed by atoms with E-state index in [2.05, 4.69) is 15.7 Å². The van der Waals surface area contributed by atoms with E-state index in [9.17, 15) is 9.59 Å². The zero-order valence-electron chi connectivity index (χ0n) is 7.60. The number of hydrogen-bond donors (Lipinski definition) is 1. The lowest BCUT2D eigenvalue weighted by Gasteiger charge is -2.09. The predicted octanol–water partition coefficient (Wildman–Crippen LogP) is -0.154. The van der Waals surface area contributed by atoms with Crippen molar-refractivity contribution >= 4 is 28.8 Å². The lowest BCUT2D eigenvalue weighted by molar-refractivity contribution is -0.121. The number of amides is 2. The fourth-order valence-corrected chi connectivity index (χ4v) is 0.910. The molecule has 2 amide bonds. The average Bonchev–Trinajstić information content (AvgIpc) is 2.04. The molecule has 2 N–H and O–H groups in total. The number of rotatable bonds is 1. The minimum atomic E-state index is -1.04. The van der Waals surface area contributed by atoms with Gasteiger partial charge in [0.2, 0.25) is 5.04 Å². The summed E-state index contributed by atoms with van der Waals surface area (Å²) in [5.41, 5.74) is 4.67. The summed E-state index contributed by atoms with van der Waals surface area (Å²) >= 11 is 1.07. The monoisotopic (exact) mass is 205 g/mol. The summed E-state index contributed by atoms with van der Waals surface area (Å²) in [5.74, 6) is -0.339. The van der Waals surface area contributed by atoms with Crippen LogP contribution in [0.15, 0.2) is 5.16 Å². The van der Waals surface area contributed by atoms with Gasteiger partial charge >= 0.3 is 6.09 Å². The van der Waals surface area contributed by atoms with Crippen molar-refractivity contribution in [1.82, 2.24) is 4.90 Å². The van der Waals surface area contributed by atoms with Gasteiger partial charge in [-0.1, -0.05) is 5.16 Å². The topological polar surface area (TPSA) is 85.0 Å². The molecule has 0 saturated carbocycles. The molecule has 0 saturated heterocycles. The first-order chi connectivity index (χ1) is 5.99. The summed E-state index contributed by atoms with van der Waals surface area (Å²) in [6.45, 7) is 0. The second kappa shape index (κ2) is 5.41. The third kappa shape index (κ3) is 4.36. The normalized spacial score (nSPS) is 10.8. The number of carbonyl (C=O) groups is 2. The van der Waals surface area contributed by atoms with Gasteiger partial charge in [-0.3, -0.25) is 9.63 Å². The first kappa shape index (κ1) is 11.8. The minimum absolute atomic E-state index is 0.0730. The molecule has 0 aromatic carbocycles. The van der Waals surface area contributed by atoms with Crippen molar-refractivity contribution in [1.29, 1.82) is 0 Å². The SMILES string of the molecule is CSC(=NOC(N)=O)C(=O)N(C)C. The lowest BCUT2D eigenvalue weighted by atomic mass is 10.6. The third-order valence-electron chi connectivity index (χ3n) is 1.00. The molecule has 0 aliphatic heterocycles. The van der Waals surface area contributed by atoms with Crippen LogP contribution in [0.4, 0.5) is 4.79 Å². The van der Waals surface area contributed by atoms with Gasteiger partial charge in [0.05, 0.1) is 0 Å². The van der Waals surface area contributed by atoms with Gasteiger partial charge in [-0.15, -0.1) is 11.8 Å². The van der Waals surface area contributed by atoms with Crippen LogP contribution in [0, 0.1) is 0 Å². The van der Waals surface area contributed by atoms with E-state index >= 15 is 0 Å². The number of primary amides is 1. The van der Waals surface area contributed by atoms with E-state index in [0.717, 1.165) is 11.8 Å². The summed E-state index contributed by atoms with van der Waals surface area (Å²) in [4.78, 5) is 26.8. The van der Waals surface area contributed by atoms with Crippen LogP contribution < -0.4 is 5.73 Å². The lowest BCUT2D eigenvalue weighted by Crippen LogP contribution is -2.28. The van der Waals surface area contributed by atoms with E-state index in [1.54, 1.807) is 20.4 Å². The molecule has 0 aromatic heterocycles. The maximum Gasteiger partial charge on any atom is 0.430 e. The van der Waals surface area contributed by atoms with Crippen LogP contribution in [-0.4, -0.2) is 42.3 Å². The Hall–Kier alpha value is -1.24. The van der Waals surface area contributed by atoms with Crippen molar-refractivity contribution in [3.8, 4) is 0 Å². The molecule has 0 rings (SSSR count). The largest absolute Gasteiger partial charge is 0.430 e. The van der Waals surface area contributed by atoms with E-state index in [0.29, 0.717) is 0 Å². The second-order valence-corrected chi connectivity index (χ2v) is 3.01. The Morgan fingerprint density at radius 2 is 2.00 bits per heavy atom. The van der Waals surface area contributed by atoms with Crippen LogP contribution in [0.25, 0.3) is 0 Å². The van der Waals surface area contributed by atoms with Crippen LogP contribution >= 0.6 is 11.8 Å². The highest BCUT2D eigenvalue weighted by Gasteiger charge is 2.13. The minimum Gasteiger partial charge on any atom is -0.343 e. The number of nitrogens with zero attached hydrogens (tertiary/aromatic N) is 2. The van der Waals surface area contributed by atoms with Crippen molar-refractivity contribution in [3.63, 3.8) is 0 Å². The second-order valence-electron chi connectivity index (χ2n) is 2.21. The van der Waals surface area contributed by atoms with Crippen molar-refractivity contribution < 1.29 is 14.4 Å². The molecule has 74 valence electrons. The van der Waals surface area contributed by atoms with Gasteiger partial charge in [-0.25, -0.2) is 4.79 Å². The number of hydrogen-bond acceptors (Lipinski definition) is 5. The number of oxime groups is 1. The standard InChI is InChI=1S/C6H11N3O3S/c1-9(2)5(10)4(13-3)8-12-6(7)11/h1-3H3,(H2,7,11). The number of nitrogens with two attached hydrogens (primary N) is 1. The zero-order valence-corrected chi connectivity index (χ0v) is 8.42. The first-order valence-electron chi connectivity index (χ1n) is 3.29. The maximum atomic E-state index is 11.2. The summed E-state index contributed by atoms with van der Waals surface area (Å²) < 4.78 is 0. The summed E-state index contributed by atoms with van der Waals surface area (Å²) in [6, 6.07) is 0. The molecule has 0 heterocycles. The molecular formula is C6H11N3O3S. The molecular weight excluding hydrogens is 194 g/mol. The smallest absolute Gasteiger partial charge is 0.343 e. The van der Waals surface area contributed by atoms with Crippen LogP contribution in [0.3, 0.4) is 0 Å². The Morgan fingerprint density at radius 1 is 1.46 bits per heavy atom. The van der Waals surface area contributed by atoms with Gasteiger partial charge in [0.25, 0.3) is 5.91 Å². The Morgan fingerprint density at radius 3 is 2.31 bits per heavy atom. The van der Waals surface area contributed by atoms with E-state index in [1.807, 2.05) is 0 Å². The molecule has 0 atom stereocenters. The molecule has 0 unspecified atom stereocenters. The molecule has 7 heteroatoms. The Kier molecular flexibility index (Phi) is 4.90. The molecule has 0 radical (unpaired) electrons. The molecule has 0 spiro atoms. The van der Waals surface area contributed by atoms with Crippen molar-refractivity contribution in [2.75, 3.05) is 20.4 Å². The van der Waals surface area contributed by atoms with Crippen LogP contribution in [0.2, 0.25) is 0 Å². The van der Waals surface area contributed by atoms with Crippen molar-refractivity contribution in [2.24, 2.45) is 10.9 Å². The first-order valence-corrected chi connectivity index (χ1v) is 4.51. The Bertz CT molecular complexity index is 239. The molecule has 0 aliphatic carbocycles. The van der Waals surface area contributed by atoms with Gasteiger partial charge in [0, 0.05) is 14.1 Å². The van der Waals surface area contributed by atoms with Gasteiger partial charge in [-0.2, -0.15) is 0 Å². The highest BCUT2D eigenvalue weighted by Crippen LogP contribution is 2.01. The molecule has 0 aromatic rings. The van der Waals surface area contributed by atoms with Crippen molar-refractivity contribution in [3.05, 3.63) is 0 Å². The van der Waals surface area contributed by atoms with E-state index in [1.165, 1.54) is 4.90 Å². The van der Waals surface area contributed by atoms with E-state index in [-0.39, 0.29) is 11.0 Å². The van der Waals surface area contributed by atoms with Gasteiger partial charge in [0.1, 0.15) is 0 Å². The molecule has 6 nitrogen and oxygen atoms in total. The van der Waals surface area contributed by atoms with E-state index in [4.69, 9.17) is 0 Å². The van der Waals surface area contributed by atoms with Gasteiger partial charge in [-0.05, 0) is 6.26 Å². The highest BCUT2D eigenvalue weighted by atomic mass is 32.2. The summed E-state index contributed by atoms with van der Waals surface area (Å²) in [7, 11) is 3.14. The van der Waals surface area contributed by atoms with Crippen LogP contribution in [0.1, 0.15) is 0 Å². The number of carbonyl (C=O) groups excluding carboxylic acids is 2. The molecule has 13 heavy (non-hydrogen) atoms. The van der Waals surface area contributed by atoms with Gasteiger partial charge in [0.15, 0.2) is 0 Å². The maximum absolute atomic E-state index is 11.2. The zero-order chi connectivity index (χ0) is 10.4. The molecule has 0 aliphatic rings. The predicted molar refractivity (Wildman–Crippen MR) is 50.3 cm³/mol. The average molecular weight is 205 g/mol. The molecule has 0 fully saturated rings. The third-order valence-corrected chi connectivity index (χ3v) is 1.64. The van der Waals surface area contributed by atoms with E-state index < -0.39 is 6.09 Å². The van der Waals surface area contributed by atoms with Gasteiger partial charge < -0.3 is 10.6 Å². The van der Waals surface area contributed by atoms with Crippen LogP contribution in [-0.2, 0) is 9.63 Å². The summed E-state index contributed by atoms with van der Waals surface area (Å²) in [6.07, 6.45) is 0.600. The Balaban J connectivity index is 4.41.